The van der Waals surface area contributed by atoms with Gasteiger partial charge in [-0.25, -0.2) is 14.3 Å². The van der Waals surface area contributed by atoms with Gasteiger partial charge >= 0.3 is 5.97 Å². The number of carbonyl (C=O) groups is 1. The van der Waals surface area contributed by atoms with Gasteiger partial charge in [0.1, 0.15) is 21.8 Å². The van der Waals surface area contributed by atoms with Gasteiger partial charge < -0.3 is 9.57 Å². The summed E-state index contributed by atoms with van der Waals surface area (Å²) >= 11 is 1.52. The minimum absolute atomic E-state index is 0.392. The standard InChI is InChI=1S/C31H22N6O3S/c1-2-39-25-17-15-21(16-18-25)20-7-11-23(12-8-20)29-34-36-19-27(32-31(36)41-29)22-9-13-24(14-10-22)30(38)40-37-28-6-4-3-5-26(28)33-35-37/h3-19H,2H2,1H3. The molecule has 0 aliphatic rings. The zero-order chi connectivity index (χ0) is 27.8. The molecule has 3 aromatic heterocycles. The molecule has 0 N–H and O–H groups in total. The lowest BCUT2D eigenvalue weighted by atomic mass is 10.0. The maximum Gasteiger partial charge on any atom is 0.365 e. The van der Waals surface area contributed by atoms with Crippen LogP contribution in [0.2, 0.25) is 0 Å². The number of benzene rings is 4. The van der Waals surface area contributed by atoms with Gasteiger partial charge in [0.05, 0.1) is 24.1 Å². The second-order valence-electron chi connectivity index (χ2n) is 9.20. The normalized spacial score (nSPS) is 11.2. The summed E-state index contributed by atoms with van der Waals surface area (Å²) in [6.45, 7) is 2.63. The molecule has 0 radical (unpaired) electrons. The van der Waals surface area contributed by atoms with Gasteiger partial charge in [-0.2, -0.15) is 5.10 Å². The average Bonchev–Trinajstić information content (AvgIpc) is 3.72. The number of fused-ring (bicyclic) bond motifs is 2. The molecule has 0 unspecified atom stereocenters. The summed E-state index contributed by atoms with van der Waals surface area (Å²) in [5.74, 6) is 0.340. The Bertz CT molecular complexity index is 1960. The summed E-state index contributed by atoms with van der Waals surface area (Å²) in [6, 6.07) is 30.8. The number of ether oxygens (including phenoxy) is 1. The maximum absolute atomic E-state index is 12.7. The van der Waals surface area contributed by atoms with E-state index in [0.717, 1.165) is 48.5 Å². The SMILES string of the molecule is CCOc1ccc(-c2ccc(-c3nn4cc(-c5ccc(C(=O)On6nnc7ccccc76)cc5)nc4s3)cc2)cc1. The van der Waals surface area contributed by atoms with Crippen molar-refractivity contribution in [3.8, 4) is 38.7 Å². The Morgan fingerprint density at radius 2 is 1.51 bits per heavy atom. The second-order valence-corrected chi connectivity index (χ2v) is 10.2. The minimum Gasteiger partial charge on any atom is -0.494 e. The third-order valence-electron chi connectivity index (χ3n) is 6.58. The quantitative estimate of drug-likeness (QED) is 0.215. The lowest BCUT2D eigenvalue weighted by Crippen LogP contribution is -2.20. The van der Waals surface area contributed by atoms with Crippen molar-refractivity contribution in [1.29, 1.82) is 0 Å². The van der Waals surface area contributed by atoms with E-state index in [1.165, 1.54) is 11.3 Å². The molecule has 0 aliphatic heterocycles. The van der Waals surface area contributed by atoms with E-state index < -0.39 is 5.97 Å². The first-order valence-corrected chi connectivity index (χ1v) is 13.8. The molecule has 4 aromatic carbocycles. The molecule has 0 saturated carbocycles. The zero-order valence-corrected chi connectivity index (χ0v) is 22.7. The number of carbonyl (C=O) groups excluding carboxylic acids is 1. The molecule has 7 rings (SSSR count). The van der Waals surface area contributed by atoms with Crippen LogP contribution < -0.4 is 9.57 Å². The van der Waals surface area contributed by atoms with Crippen molar-refractivity contribution in [3.63, 3.8) is 0 Å². The fourth-order valence-electron chi connectivity index (χ4n) is 4.49. The van der Waals surface area contributed by atoms with Crippen molar-refractivity contribution in [2.75, 3.05) is 6.61 Å². The topological polar surface area (TPSA) is 96.4 Å². The number of para-hydroxylation sites is 1. The Morgan fingerprint density at radius 3 is 2.24 bits per heavy atom. The second kappa shape index (κ2) is 10.3. The number of nitrogens with zero attached hydrogens (tertiary/aromatic N) is 6. The van der Waals surface area contributed by atoms with Crippen molar-refractivity contribution >= 4 is 33.3 Å². The first-order valence-electron chi connectivity index (χ1n) is 13.0. The summed E-state index contributed by atoms with van der Waals surface area (Å²) < 4.78 is 7.32. The number of hydrogen-bond acceptors (Lipinski definition) is 8. The van der Waals surface area contributed by atoms with Gasteiger partial charge in [0.25, 0.3) is 0 Å². The largest absolute Gasteiger partial charge is 0.494 e. The number of rotatable bonds is 7. The van der Waals surface area contributed by atoms with Crippen molar-refractivity contribution in [2.45, 2.75) is 6.92 Å². The molecule has 9 nitrogen and oxygen atoms in total. The van der Waals surface area contributed by atoms with Crippen LogP contribution >= 0.6 is 11.3 Å². The van der Waals surface area contributed by atoms with E-state index in [2.05, 4.69) is 46.7 Å². The molecule has 0 bridgehead atoms. The highest BCUT2D eigenvalue weighted by Gasteiger charge is 2.15. The number of hydrogen-bond donors (Lipinski definition) is 0. The predicted molar refractivity (Wildman–Crippen MR) is 157 cm³/mol. The molecule has 0 fully saturated rings. The highest BCUT2D eigenvalue weighted by molar-refractivity contribution is 7.19. The molecule has 3 heterocycles. The van der Waals surface area contributed by atoms with Crippen LogP contribution in [-0.2, 0) is 0 Å². The Hall–Kier alpha value is -5.35. The van der Waals surface area contributed by atoms with Gasteiger partial charge in [-0.15, -0.1) is 5.10 Å². The maximum atomic E-state index is 12.7. The molecule has 0 atom stereocenters. The Morgan fingerprint density at radius 1 is 0.829 bits per heavy atom. The van der Waals surface area contributed by atoms with Crippen LogP contribution in [0.5, 0.6) is 5.75 Å². The first-order chi connectivity index (χ1) is 20.1. The van der Waals surface area contributed by atoms with Crippen molar-refractivity contribution in [1.82, 2.24) is 29.8 Å². The van der Waals surface area contributed by atoms with E-state index in [1.54, 1.807) is 28.8 Å². The molecule has 0 saturated heterocycles. The molecule has 0 aliphatic carbocycles. The number of imidazole rings is 1. The minimum atomic E-state index is -0.530. The molecule has 200 valence electrons. The van der Waals surface area contributed by atoms with Crippen LogP contribution in [0.4, 0.5) is 0 Å². The van der Waals surface area contributed by atoms with E-state index >= 15 is 0 Å². The van der Waals surface area contributed by atoms with Gasteiger partial charge in [0.2, 0.25) is 4.96 Å². The summed E-state index contributed by atoms with van der Waals surface area (Å²) in [4.78, 5) is 24.7. The number of aromatic nitrogens is 6. The van der Waals surface area contributed by atoms with E-state index in [4.69, 9.17) is 19.7 Å². The Kier molecular flexibility index (Phi) is 6.21. The predicted octanol–water partition coefficient (Wildman–Crippen LogP) is 6.20. The van der Waals surface area contributed by atoms with Crippen molar-refractivity contribution < 1.29 is 14.4 Å². The van der Waals surface area contributed by atoms with Gasteiger partial charge in [0, 0.05) is 11.1 Å². The van der Waals surface area contributed by atoms with Crippen molar-refractivity contribution in [3.05, 3.63) is 109 Å². The molecule has 41 heavy (non-hydrogen) atoms. The summed E-state index contributed by atoms with van der Waals surface area (Å²) in [6.07, 6.45) is 1.89. The smallest absolute Gasteiger partial charge is 0.365 e. The molecule has 7 aromatic rings. The third kappa shape index (κ3) is 4.81. The van der Waals surface area contributed by atoms with Crippen LogP contribution in [0.1, 0.15) is 17.3 Å². The van der Waals surface area contributed by atoms with Gasteiger partial charge in [-0.3, -0.25) is 0 Å². The summed E-state index contributed by atoms with van der Waals surface area (Å²) in [7, 11) is 0. The van der Waals surface area contributed by atoms with E-state index in [-0.39, 0.29) is 0 Å². The Balaban J connectivity index is 1.05. The lowest BCUT2D eigenvalue weighted by Gasteiger charge is -2.06. The van der Waals surface area contributed by atoms with E-state index in [0.29, 0.717) is 23.2 Å². The van der Waals surface area contributed by atoms with E-state index in [1.807, 2.05) is 49.5 Å². The van der Waals surface area contributed by atoms with Crippen LogP contribution in [-0.4, -0.2) is 42.3 Å². The van der Waals surface area contributed by atoms with Crippen LogP contribution in [0, 0.1) is 0 Å². The third-order valence-corrected chi connectivity index (χ3v) is 7.55. The summed E-state index contributed by atoms with van der Waals surface area (Å²) in [5.41, 5.74) is 6.57. The highest BCUT2D eigenvalue weighted by Crippen LogP contribution is 2.30. The first kappa shape index (κ1) is 24.7. The summed E-state index contributed by atoms with van der Waals surface area (Å²) in [5, 5.41) is 13.5. The molecular weight excluding hydrogens is 536 g/mol. The van der Waals surface area contributed by atoms with Crippen LogP contribution in [0.15, 0.2) is 103 Å². The van der Waals surface area contributed by atoms with Crippen LogP contribution in [0.3, 0.4) is 0 Å². The van der Waals surface area contributed by atoms with E-state index in [9.17, 15) is 4.79 Å². The highest BCUT2D eigenvalue weighted by atomic mass is 32.1. The monoisotopic (exact) mass is 558 g/mol. The lowest BCUT2D eigenvalue weighted by molar-refractivity contribution is 0.0409. The Labute approximate surface area is 238 Å². The average molecular weight is 559 g/mol. The van der Waals surface area contributed by atoms with Gasteiger partial charge in [-0.05, 0) is 59.7 Å². The molecule has 0 spiro atoms. The molecule has 0 amide bonds. The van der Waals surface area contributed by atoms with Gasteiger partial charge in [0.15, 0.2) is 0 Å². The van der Waals surface area contributed by atoms with Crippen LogP contribution in [0.25, 0.3) is 48.9 Å². The fourth-order valence-corrected chi connectivity index (χ4v) is 5.38. The molecular formula is C31H22N6O3S. The molecule has 10 heteroatoms. The zero-order valence-electron chi connectivity index (χ0n) is 21.8. The van der Waals surface area contributed by atoms with Gasteiger partial charge in [-0.1, -0.05) is 76.8 Å². The van der Waals surface area contributed by atoms with Crippen molar-refractivity contribution in [2.24, 2.45) is 0 Å². The fraction of sp³-hybridized carbons (Fsp3) is 0.0645.